The second-order valence-electron chi connectivity index (χ2n) is 25.0. The number of carboxylic acids is 1. The average Bonchev–Trinajstić information content (AvgIpc) is 1.04. The number of anilines is 1. The molecule has 0 bridgehead atoms. The number of ether oxygens (including phenoxy) is 4. The van der Waals surface area contributed by atoms with Gasteiger partial charge in [-0.25, -0.2) is 4.79 Å². The first kappa shape index (κ1) is 73.8. The molecule has 2 aromatic rings. The van der Waals surface area contributed by atoms with Crippen LogP contribution in [0.4, 0.5) is 5.69 Å². The molecule has 8 amide bonds. The highest BCUT2D eigenvalue weighted by molar-refractivity contribution is 6.15. The summed E-state index contributed by atoms with van der Waals surface area (Å²) in [5.41, 5.74) is 6.85. The van der Waals surface area contributed by atoms with Crippen molar-refractivity contribution in [2.75, 3.05) is 60.3 Å². The number of likely N-dealkylation sites (N-methyl/N-ethyl adjacent to an activating group) is 2. The molecular weight excluding hydrogens is 1170 g/mol. The van der Waals surface area contributed by atoms with E-state index in [1.807, 2.05) is 59.7 Å². The Kier molecular flexibility index (Phi) is 26.9. The smallest absolute Gasteiger partial charge is 0.335 e. The fraction of sp³-hybridized carbons (Fsp3) is 0.635. The van der Waals surface area contributed by atoms with Gasteiger partial charge in [0.05, 0.1) is 68.6 Å². The Hall–Kier alpha value is -6.95. The number of nitrogens with one attached hydrogen (secondary N) is 4. The fourth-order valence-corrected chi connectivity index (χ4v) is 12.5. The molecule has 27 nitrogen and oxygen atoms in total. The summed E-state index contributed by atoms with van der Waals surface area (Å²) < 4.78 is 23.3. The van der Waals surface area contributed by atoms with E-state index in [-0.39, 0.29) is 65.5 Å². The van der Waals surface area contributed by atoms with E-state index in [9.17, 15) is 63.9 Å². The van der Waals surface area contributed by atoms with Gasteiger partial charge < -0.3 is 85.8 Å². The van der Waals surface area contributed by atoms with Gasteiger partial charge in [-0.2, -0.15) is 0 Å². The van der Waals surface area contributed by atoms with Gasteiger partial charge in [0, 0.05) is 71.0 Å². The van der Waals surface area contributed by atoms with E-state index in [4.69, 9.17) is 24.7 Å². The monoisotopic (exact) mass is 1270 g/mol. The minimum atomic E-state index is -2.03. The number of carbonyl (C=O) groups excluding carboxylic acids is 8. The first-order valence-corrected chi connectivity index (χ1v) is 30.7. The molecule has 11 N–H and O–H groups in total. The molecule has 0 radical (unpaired) electrons. The minimum Gasteiger partial charge on any atom is -0.479 e. The normalized spacial score (nSPS) is 22.8. The molecule has 90 heavy (non-hydrogen) atoms. The van der Waals surface area contributed by atoms with Crippen LogP contribution in [0.2, 0.25) is 0 Å². The Morgan fingerprint density at radius 3 is 2.06 bits per heavy atom. The molecule has 5 rings (SSSR count). The number of nitrogens with zero attached hydrogens (tertiary/aromatic N) is 4. The highest BCUT2D eigenvalue weighted by Crippen LogP contribution is 2.34. The van der Waals surface area contributed by atoms with E-state index in [2.05, 4.69) is 21.3 Å². The number of nitrogens with two attached hydrogens (primary N) is 1. The number of rotatable bonds is 32. The molecule has 2 saturated heterocycles. The lowest BCUT2D eigenvalue weighted by Gasteiger charge is -2.42. The quantitative estimate of drug-likeness (QED) is 0.0353. The number of quaternary nitrogens is 1. The second kappa shape index (κ2) is 32.9. The van der Waals surface area contributed by atoms with E-state index in [1.165, 1.54) is 26.4 Å². The van der Waals surface area contributed by atoms with Crippen molar-refractivity contribution in [2.45, 2.75) is 179 Å². The molecule has 0 spiro atoms. The molecule has 0 aromatic heterocycles. The van der Waals surface area contributed by atoms with Crippen LogP contribution in [0.3, 0.4) is 0 Å². The van der Waals surface area contributed by atoms with Gasteiger partial charge in [-0.1, -0.05) is 85.2 Å². The lowest BCUT2D eigenvalue weighted by molar-refractivity contribution is -0.922. The van der Waals surface area contributed by atoms with E-state index >= 15 is 4.79 Å². The predicted molar refractivity (Wildman–Crippen MR) is 328 cm³/mol. The highest BCUT2D eigenvalue weighted by Gasteiger charge is 2.49. The van der Waals surface area contributed by atoms with Crippen LogP contribution in [0.5, 0.6) is 5.75 Å². The first-order chi connectivity index (χ1) is 42.3. The predicted octanol–water partition coefficient (Wildman–Crippen LogP) is 0.555. The lowest BCUT2D eigenvalue weighted by Crippen LogP contribution is -2.63. The summed E-state index contributed by atoms with van der Waals surface area (Å²) in [6.07, 6.45) is -8.99. The third kappa shape index (κ3) is 18.0. The van der Waals surface area contributed by atoms with Crippen molar-refractivity contribution in [1.29, 1.82) is 0 Å². The molecule has 0 aliphatic carbocycles. The molecule has 0 unspecified atom stereocenters. The van der Waals surface area contributed by atoms with Gasteiger partial charge in [0.2, 0.25) is 35.8 Å². The first-order valence-electron chi connectivity index (χ1n) is 30.7. The van der Waals surface area contributed by atoms with Gasteiger partial charge in [-0.05, 0) is 55.4 Å². The van der Waals surface area contributed by atoms with Gasteiger partial charge in [-0.3, -0.25) is 43.3 Å². The van der Waals surface area contributed by atoms with Crippen LogP contribution in [0, 0.1) is 23.7 Å². The Balaban J connectivity index is 1.34. The van der Waals surface area contributed by atoms with Crippen LogP contribution in [0.25, 0.3) is 0 Å². The van der Waals surface area contributed by atoms with Gasteiger partial charge in [0.25, 0.3) is 17.7 Å². The van der Waals surface area contributed by atoms with E-state index in [1.54, 1.807) is 63.0 Å². The van der Waals surface area contributed by atoms with E-state index in [0.29, 0.717) is 41.8 Å². The van der Waals surface area contributed by atoms with Crippen molar-refractivity contribution in [3.63, 3.8) is 0 Å². The highest BCUT2D eigenvalue weighted by atomic mass is 16.7. The molecule has 2 aromatic carbocycles. The fourth-order valence-electron chi connectivity index (χ4n) is 12.5. The van der Waals surface area contributed by atoms with Crippen LogP contribution in [-0.4, -0.2) is 232 Å². The Labute approximate surface area is 526 Å². The average molecular weight is 1270 g/mol. The van der Waals surface area contributed by atoms with Crippen molar-refractivity contribution in [1.82, 2.24) is 30.7 Å². The number of amides is 8. The largest absolute Gasteiger partial charge is 0.479 e. The van der Waals surface area contributed by atoms with Crippen LogP contribution in [0.1, 0.15) is 105 Å². The van der Waals surface area contributed by atoms with Crippen molar-refractivity contribution < 1.29 is 92.1 Å². The summed E-state index contributed by atoms with van der Waals surface area (Å²) in [4.78, 5) is 125. The number of hydrogen-bond donors (Lipinski definition) is 10. The number of hydrogen-bond acceptors (Lipinski definition) is 18. The number of carbonyl (C=O) groups is 9. The van der Waals surface area contributed by atoms with Gasteiger partial charge >= 0.3 is 5.97 Å². The SMILES string of the molecule is CC[C@H](C)[C@@H]([C@@H](CC(=O)N1CCC[C@H]1[C@H](OC)[C@@H](C)C(=O)N[C@H](C)[C@@H](O)c1ccccc1)OC)N(C)C(=O)[C@@H](NC(=O)[C@H](C(C)C)[N+](C)(C)Cc1ccc(O[C@@H]2O[C@H](C(=O)O)[C@@H](O)[C@H](O)[C@H]2O)c(NC(=O)CCNC(=O)[C@H](CN)N2C(=O)C=CC2=O)c1)C(C)C. The zero-order valence-electron chi connectivity index (χ0n) is 53.9. The van der Waals surface area contributed by atoms with Crippen molar-refractivity contribution in [3.05, 3.63) is 71.8 Å². The van der Waals surface area contributed by atoms with Crippen LogP contribution in [0.15, 0.2) is 60.7 Å². The van der Waals surface area contributed by atoms with Crippen LogP contribution in [-0.2, 0) is 63.9 Å². The second-order valence-corrected chi connectivity index (χ2v) is 25.0. The number of aliphatic carboxylic acids is 1. The minimum absolute atomic E-state index is 0.0304. The van der Waals surface area contributed by atoms with Crippen molar-refractivity contribution >= 4 is 58.9 Å². The number of likely N-dealkylation sites (tertiary alicyclic amines) is 1. The molecule has 500 valence electrons. The number of methoxy groups -OCH3 is 2. The summed E-state index contributed by atoms with van der Waals surface area (Å²) in [6, 6.07) is 8.53. The van der Waals surface area contributed by atoms with Crippen LogP contribution >= 0.6 is 0 Å². The van der Waals surface area contributed by atoms with E-state index < -0.39 is 145 Å². The molecule has 0 saturated carbocycles. The third-order valence-corrected chi connectivity index (χ3v) is 17.4. The third-order valence-electron chi connectivity index (χ3n) is 17.4. The number of aliphatic hydroxyl groups is 4. The van der Waals surface area contributed by atoms with Crippen LogP contribution < -0.4 is 31.7 Å². The maximum absolute atomic E-state index is 15.0. The number of imide groups is 1. The number of benzene rings is 2. The number of aliphatic hydroxyl groups excluding tert-OH is 4. The van der Waals surface area contributed by atoms with Crippen molar-refractivity contribution in [2.24, 2.45) is 29.4 Å². The van der Waals surface area contributed by atoms with Crippen molar-refractivity contribution in [3.8, 4) is 5.75 Å². The maximum Gasteiger partial charge on any atom is 0.335 e. The molecule has 3 heterocycles. The molecule has 3 aliphatic rings. The summed E-state index contributed by atoms with van der Waals surface area (Å²) in [7, 11) is 8.25. The summed E-state index contributed by atoms with van der Waals surface area (Å²) >= 11 is 0. The molecular formula is C63H96N9O18+. The van der Waals surface area contributed by atoms with Gasteiger partial charge in [0.1, 0.15) is 42.7 Å². The molecule has 2 fully saturated rings. The van der Waals surface area contributed by atoms with Gasteiger partial charge in [-0.15, -0.1) is 0 Å². The number of carboxylic acid groups (broad SMARTS) is 1. The summed E-state index contributed by atoms with van der Waals surface area (Å²) in [5, 5.41) is 63.6. The summed E-state index contributed by atoms with van der Waals surface area (Å²) in [6.45, 7) is 14.5. The zero-order chi connectivity index (χ0) is 67.2. The molecule has 27 heteroatoms. The zero-order valence-corrected chi connectivity index (χ0v) is 53.9. The lowest BCUT2D eigenvalue weighted by atomic mass is 9.89. The maximum atomic E-state index is 15.0. The molecule has 16 atom stereocenters. The molecule has 3 aliphatic heterocycles. The van der Waals surface area contributed by atoms with E-state index in [0.717, 1.165) is 12.2 Å². The standard InChI is InChI=1S/C63H95N9O18/c1-14-35(6)50(44(87-12)30-48(76)70-28-18-21-41(70)56(88-13)36(7)58(81)66-37(8)52(77)39-19-16-15-17-20-39)69(9)61(84)49(33(2)3)68-60(83)51(34(4)5)72(10,11)32-38-22-23-43(89-63-55(80)53(78)54(79)57(90-63)62(85)86)40(29-38)67-45(73)26-27-65-59(82)42(31-64)71-46(74)24-25-47(71)75/h15-17,19-20,22-25,29,33-37,41-42,44,49-57,63,77-80H,14,18,21,26-28,30-32,64H2,1-13H3,(H4-,65,66,67,68,73,81,82,83,85,86)/p+1/t35-,36+,37+,41-,42-,44+,49-,50-,51-,52+,53-,54-,55+,56+,57-,63+/m0/s1. The Morgan fingerprint density at radius 1 is 0.844 bits per heavy atom. The Bertz CT molecular complexity index is 2840. The Morgan fingerprint density at radius 2 is 1.49 bits per heavy atom. The topological polar surface area (TPSA) is 376 Å². The van der Waals surface area contributed by atoms with Gasteiger partial charge in [0.15, 0.2) is 12.1 Å². The summed E-state index contributed by atoms with van der Waals surface area (Å²) in [5.74, 6) is -7.94.